The Morgan fingerprint density at radius 1 is 1.45 bits per heavy atom. The van der Waals surface area contributed by atoms with Crippen LogP contribution in [0.3, 0.4) is 0 Å². The highest BCUT2D eigenvalue weighted by atomic mass is 16.5. The van der Waals surface area contributed by atoms with Gasteiger partial charge >= 0.3 is 0 Å². The monoisotopic (exact) mass is 303 g/mol. The van der Waals surface area contributed by atoms with Crippen molar-refractivity contribution in [1.82, 2.24) is 10.6 Å². The minimum Gasteiger partial charge on any atom is -0.487 e. The van der Waals surface area contributed by atoms with Crippen LogP contribution in [0.2, 0.25) is 0 Å². The summed E-state index contributed by atoms with van der Waals surface area (Å²) in [7, 11) is 0. The summed E-state index contributed by atoms with van der Waals surface area (Å²) in [4.78, 5) is 23.6. The van der Waals surface area contributed by atoms with Gasteiger partial charge in [0, 0.05) is 24.1 Å². The lowest BCUT2D eigenvalue weighted by atomic mass is 9.89. The number of fused-ring (bicyclic) bond motifs is 1. The summed E-state index contributed by atoms with van der Waals surface area (Å²) in [5.41, 5.74) is 7.00. The molecular formula is C16H21N3O3. The van der Waals surface area contributed by atoms with Crippen LogP contribution in [0.5, 0.6) is 5.75 Å². The van der Waals surface area contributed by atoms with Gasteiger partial charge in [0.25, 0.3) is 0 Å². The number of carbonyl (C=O) groups is 2. The number of nitrogen functional groups attached to an aromatic ring is 1. The van der Waals surface area contributed by atoms with Crippen molar-refractivity contribution in [3.05, 3.63) is 23.8 Å². The number of hydrogen-bond acceptors (Lipinski definition) is 4. The zero-order valence-electron chi connectivity index (χ0n) is 12.8. The standard InChI is InChI=1S/C16H21N3O3/c1-16(2)8-12(10-7-9(17)3-5-13(10)22-16)19-15(21)11-4-6-14(20)18-11/h3,5,7,11-12H,4,6,8,17H2,1-2H3,(H,18,20)(H,19,21)/t11-,12?/m0/s1. The van der Waals surface area contributed by atoms with Crippen LogP contribution >= 0.6 is 0 Å². The predicted octanol–water partition coefficient (Wildman–Crippen LogP) is 1.27. The molecule has 2 amide bonds. The van der Waals surface area contributed by atoms with Crippen molar-refractivity contribution in [2.24, 2.45) is 0 Å². The lowest BCUT2D eigenvalue weighted by molar-refractivity contribution is -0.126. The topological polar surface area (TPSA) is 93.5 Å². The van der Waals surface area contributed by atoms with Crippen LogP contribution < -0.4 is 21.1 Å². The molecule has 1 saturated heterocycles. The summed E-state index contributed by atoms with van der Waals surface area (Å²) >= 11 is 0. The molecule has 0 radical (unpaired) electrons. The van der Waals surface area contributed by atoms with Crippen LogP contribution in [0.4, 0.5) is 5.69 Å². The summed E-state index contributed by atoms with van der Waals surface area (Å²) in [5, 5.41) is 5.72. The maximum absolute atomic E-state index is 12.4. The average molecular weight is 303 g/mol. The normalized spacial score (nSPS) is 25.8. The Hall–Kier alpha value is -2.24. The summed E-state index contributed by atoms with van der Waals surface area (Å²) in [5.74, 6) is 0.519. The first-order chi connectivity index (χ1) is 10.3. The van der Waals surface area contributed by atoms with E-state index in [1.807, 2.05) is 26.0 Å². The number of hydrogen-bond donors (Lipinski definition) is 3. The lowest BCUT2D eigenvalue weighted by Crippen LogP contribution is -2.46. The molecule has 2 aliphatic heterocycles. The van der Waals surface area contributed by atoms with Gasteiger partial charge < -0.3 is 21.1 Å². The number of anilines is 1. The van der Waals surface area contributed by atoms with Crippen molar-refractivity contribution >= 4 is 17.5 Å². The zero-order valence-corrected chi connectivity index (χ0v) is 12.8. The van der Waals surface area contributed by atoms with Gasteiger partial charge in [0.1, 0.15) is 17.4 Å². The highest BCUT2D eigenvalue weighted by molar-refractivity contribution is 5.91. The van der Waals surface area contributed by atoms with E-state index in [-0.39, 0.29) is 23.5 Å². The summed E-state index contributed by atoms with van der Waals surface area (Å²) < 4.78 is 5.95. The van der Waals surface area contributed by atoms with Crippen molar-refractivity contribution in [2.45, 2.75) is 50.8 Å². The number of amides is 2. The quantitative estimate of drug-likeness (QED) is 0.717. The van der Waals surface area contributed by atoms with Gasteiger partial charge in [-0.05, 0) is 38.5 Å². The van der Waals surface area contributed by atoms with E-state index in [4.69, 9.17) is 10.5 Å². The van der Waals surface area contributed by atoms with E-state index in [9.17, 15) is 9.59 Å². The lowest BCUT2D eigenvalue weighted by Gasteiger charge is -2.38. The molecule has 22 heavy (non-hydrogen) atoms. The third kappa shape index (κ3) is 2.86. The average Bonchev–Trinajstić information content (AvgIpc) is 2.85. The SMILES string of the molecule is CC1(C)CC(NC(=O)[C@@H]2CCC(=O)N2)c2cc(N)ccc2O1. The molecular weight excluding hydrogens is 282 g/mol. The molecule has 0 saturated carbocycles. The number of carbonyl (C=O) groups excluding carboxylic acids is 2. The molecule has 4 N–H and O–H groups in total. The van der Waals surface area contributed by atoms with E-state index in [1.54, 1.807) is 6.07 Å². The molecule has 0 aromatic heterocycles. The van der Waals surface area contributed by atoms with Gasteiger partial charge in [0.05, 0.1) is 6.04 Å². The maximum atomic E-state index is 12.4. The Morgan fingerprint density at radius 2 is 2.23 bits per heavy atom. The molecule has 2 aliphatic rings. The minimum atomic E-state index is -0.442. The fourth-order valence-electron chi connectivity index (χ4n) is 3.08. The largest absolute Gasteiger partial charge is 0.487 e. The van der Waals surface area contributed by atoms with Gasteiger partial charge in [-0.25, -0.2) is 0 Å². The fraction of sp³-hybridized carbons (Fsp3) is 0.500. The molecule has 1 aromatic carbocycles. The van der Waals surface area contributed by atoms with Gasteiger partial charge in [-0.15, -0.1) is 0 Å². The minimum absolute atomic E-state index is 0.0721. The van der Waals surface area contributed by atoms with E-state index >= 15 is 0 Å². The van der Waals surface area contributed by atoms with E-state index in [2.05, 4.69) is 10.6 Å². The van der Waals surface area contributed by atoms with Crippen LogP contribution in [-0.4, -0.2) is 23.5 Å². The molecule has 0 aliphatic carbocycles. The van der Waals surface area contributed by atoms with Crippen molar-refractivity contribution in [2.75, 3.05) is 5.73 Å². The third-order valence-electron chi connectivity index (χ3n) is 4.12. The first kappa shape index (κ1) is 14.7. The van der Waals surface area contributed by atoms with Crippen molar-refractivity contribution < 1.29 is 14.3 Å². The van der Waals surface area contributed by atoms with E-state index in [1.165, 1.54) is 0 Å². The first-order valence-corrected chi connectivity index (χ1v) is 7.52. The molecule has 1 unspecified atom stereocenters. The first-order valence-electron chi connectivity index (χ1n) is 7.52. The second kappa shape index (κ2) is 5.19. The number of ether oxygens (including phenoxy) is 1. The van der Waals surface area contributed by atoms with Crippen LogP contribution in [-0.2, 0) is 9.59 Å². The van der Waals surface area contributed by atoms with Crippen molar-refractivity contribution in [1.29, 1.82) is 0 Å². The Morgan fingerprint density at radius 3 is 2.91 bits per heavy atom. The van der Waals surface area contributed by atoms with Gasteiger partial charge in [-0.3, -0.25) is 9.59 Å². The van der Waals surface area contributed by atoms with Crippen molar-refractivity contribution in [3.8, 4) is 5.75 Å². The van der Waals surface area contributed by atoms with E-state index in [0.717, 1.165) is 11.3 Å². The molecule has 1 aromatic rings. The molecule has 6 nitrogen and oxygen atoms in total. The van der Waals surface area contributed by atoms with E-state index in [0.29, 0.717) is 24.9 Å². The van der Waals surface area contributed by atoms with Crippen LogP contribution in [0.25, 0.3) is 0 Å². The Bertz CT molecular complexity index is 627. The summed E-state index contributed by atoms with van der Waals surface area (Å²) in [6.45, 7) is 3.98. The molecule has 118 valence electrons. The number of nitrogens with one attached hydrogen (secondary N) is 2. The van der Waals surface area contributed by atoms with Gasteiger partial charge in [-0.2, -0.15) is 0 Å². The molecule has 1 fully saturated rings. The van der Waals surface area contributed by atoms with Gasteiger partial charge in [0.15, 0.2) is 0 Å². The molecule has 2 atom stereocenters. The number of rotatable bonds is 2. The molecule has 0 spiro atoms. The third-order valence-corrected chi connectivity index (χ3v) is 4.12. The van der Waals surface area contributed by atoms with Crippen LogP contribution in [0, 0.1) is 0 Å². The molecule has 6 heteroatoms. The van der Waals surface area contributed by atoms with Crippen LogP contribution in [0.15, 0.2) is 18.2 Å². The van der Waals surface area contributed by atoms with Crippen LogP contribution in [0.1, 0.15) is 44.7 Å². The van der Waals surface area contributed by atoms with Gasteiger partial charge in [-0.1, -0.05) is 0 Å². The second-order valence-electron chi connectivity index (χ2n) is 6.58. The number of nitrogens with two attached hydrogens (primary N) is 1. The van der Waals surface area contributed by atoms with E-state index < -0.39 is 6.04 Å². The zero-order chi connectivity index (χ0) is 15.9. The maximum Gasteiger partial charge on any atom is 0.243 e. The Balaban J connectivity index is 1.82. The smallest absolute Gasteiger partial charge is 0.243 e. The molecule has 3 rings (SSSR count). The predicted molar refractivity (Wildman–Crippen MR) is 82.2 cm³/mol. The summed E-state index contributed by atoms with van der Waals surface area (Å²) in [6, 6.07) is 4.84. The highest BCUT2D eigenvalue weighted by Crippen LogP contribution is 2.40. The Kier molecular flexibility index (Phi) is 3.47. The highest BCUT2D eigenvalue weighted by Gasteiger charge is 2.36. The summed E-state index contributed by atoms with van der Waals surface area (Å²) in [6.07, 6.45) is 1.60. The molecule has 0 bridgehead atoms. The van der Waals surface area contributed by atoms with Gasteiger partial charge in [0.2, 0.25) is 11.8 Å². The molecule has 2 heterocycles. The number of benzene rings is 1. The van der Waals surface area contributed by atoms with Crippen molar-refractivity contribution in [3.63, 3.8) is 0 Å². The fourth-order valence-corrected chi connectivity index (χ4v) is 3.08. The Labute approximate surface area is 129 Å². The second-order valence-corrected chi connectivity index (χ2v) is 6.58.